The fourth-order valence-corrected chi connectivity index (χ4v) is 1.42. The van der Waals surface area contributed by atoms with E-state index in [1.165, 1.54) is 0 Å². The fraction of sp³-hybridized carbons (Fsp3) is 0.364. The van der Waals surface area contributed by atoms with Crippen molar-refractivity contribution in [1.29, 1.82) is 0 Å². The van der Waals surface area contributed by atoms with E-state index in [2.05, 4.69) is 15.7 Å². The Balaban J connectivity index is 2.88. The molecule has 1 rings (SSSR count). The van der Waals surface area contributed by atoms with Crippen molar-refractivity contribution in [3.8, 4) is 5.75 Å². The van der Waals surface area contributed by atoms with E-state index in [-0.39, 0.29) is 0 Å². The van der Waals surface area contributed by atoms with Gasteiger partial charge >= 0.3 is 0 Å². The average molecular weight is 257 g/mol. The second-order valence-corrected chi connectivity index (χ2v) is 3.78. The van der Waals surface area contributed by atoms with E-state index in [1.54, 1.807) is 25.3 Å². The van der Waals surface area contributed by atoms with Crippen LogP contribution in [0.3, 0.4) is 0 Å². The molecule has 0 saturated heterocycles. The molecule has 0 aliphatic carbocycles. The summed E-state index contributed by atoms with van der Waals surface area (Å²) in [5.74, 6) is 6.53. The molecule has 6 heteroatoms. The van der Waals surface area contributed by atoms with Crippen LogP contribution in [0.1, 0.15) is 13.3 Å². The van der Waals surface area contributed by atoms with Gasteiger partial charge in [0, 0.05) is 11.6 Å². The molecule has 0 atom stereocenters. The summed E-state index contributed by atoms with van der Waals surface area (Å²) >= 11 is 5.92. The van der Waals surface area contributed by atoms with Crippen molar-refractivity contribution in [3.05, 3.63) is 23.2 Å². The van der Waals surface area contributed by atoms with Gasteiger partial charge in [0.2, 0.25) is 5.96 Å². The number of nitrogens with two attached hydrogens (primary N) is 1. The first-order valence-electron chi connectivity index (χ1n) is 5.33. The largest absolute Gasteiger partial charge is 0.495 e. The molecular formula is C11H17ClN4O. The van der Waals surface area contributed by atoms with Crippen LogP contribution in [0.25, 0.3) is 0 Å². The number of rotatable bonds is 4. The number of hydrogen-bond acceptors (Lipinski definition) is 3. The Morgan fingerprint density at radius 3 is 2.88 bits per heavy atom. The highest BCUT2D eigenvalue weighted by Gasteiger charge is 2.05. The van der Waals surface area contributed by atoms with E-state index in [1.807, 2.05) is 6.92 Å². The molecule has 1 aromatic rings. The number of benzene rings is 1. The van der Waals surface area contributed by atoms with Gasteiger partial charge in [-0.05, 0) is 24.6 Å². The molecule has 17 heavy (non-hydrogen) atoms. The highest BCUT2D eigenvalue weighted by molar-refractivity contribution is 6.31. The number of methoxy groups -OCH3 is 1. The number of anilines is 1. The molecule has 0 bridgehead atoms. The lowest BCUT2D eigenvalue weighted by Crippen LogP contribution is -2.36. The summed E-state index contributed by atoms with van der Waals surface area (Å²) < 4.78 is 5.21. The van der Waals surface area contributed by atoms with Gasteiger partial charge < -0.3 is 10.1 Å². The van der Waals surface area contributed by atoms with Crippen LogP contribution in [0.4, 0.5) is 5.69 Å². The van der Waals surface area contributed by atoms with Gasteiger partial charge in [-0.1, -0.05) is 18.5 Å². The first-order valence-corrected chi connectivity index (χ1v) is 5.70. The third-order valence-corrected chi connectivity index (χ3v) is 2.28. The molecule has 0 unspecified atom stereocenters. The van der Waals surface area contributed by atoms with Crippen molar-refractivity contribution >= 4 is 23.2 Å². The standard InChI is InChI=1S/C11H17ClN4O/c1-3-6-14-11(16-13)15-9-7-8(12)4-5-10(9)17-2/h4-5,7H,3,6,13H2,1-2H3,(H2,14,15,16). The molecule has 0 spiro atoms. The highest BCUT2D eigenvalue weighted by atomic mass is 35.5. The Morgan fingerprint density at radius 1 is 1.53 bits per heavy atom. The predicted molar refractivity (Wildman–Crippen MR) is 71.5 cm³/mol. The number of ether oxygens (including phenoxy) is 1. The summed E-state index contributed by atoms with van der Waals surface area (Å²) in [4.78, 5) is 4.23. The van der Waals surface area contributed by atoms with Crippen LogP contribution < -0.4 is 21.3 Å². The smallest absolute Gasteiger partial charge is 0.210 e. The molecular weight excluding hydrogens is 240 g/mol. The normalized spacial score (nSPS) is 11.2. The van der Waals surface area contributed by atoms with E-state index in [9.17, 15) is 0 Å². The Labute approximate surface area is 106 Å². The molecule has 0 saturated carbocycles. The van der Waals surface area contributed by atoms with Gasteiger partial charge in [-0.2, -0.15) is 0 Å². The zero-order valence-corrected chi connectivity index (χ0v) is 10.7. The molecule has 0 aliphatic rings. The van der Waals surface area contributed by atoms with Gasteiger partial charge in [-0.25, -0.2) is 5.84 Å². The van der Waals surface area contributed by atoms with Crippen LogP contribution in [-0.4, -0.2) is 19.6 Å². The van der Waals surface area contributed by atoms with Crippen LogP contribution in [-0.2, 0) is 0 Å². The SMILES string of the molecule is CCCN=C(NN)Nc1cc(Cl)ccc1OC. The van der Waals surface area contributed by atoms with E-state index in [0.29, 0.717) is 29.0 Å². The lowest BCUT2D eigenvalue weighted by atomic mass is 10.3. The van der Waals surface area contributed by atoms with Crippen LogP contribution in [0.2, 0.25) is 5.02 Å². The lowest BCUT2D eigenvalue weighted by molar-refractivity contribution is 0.417. The first-order chi connectivity index (χ1) is 8.21. The van der Waals surface area contributed by atoms with E-state index >= 15 is 0 Å². The Kier molecular flexibility index (Phi) is 5.59. The van der Waals surface area contributed by atoms with Gasteiger partial charge in [-0.15, -0.1) is 0 Å². The summed E-state index contributed by atoms with van der Waals surface area (Å²) in [6.07, 6.45) is 0.944. The van der Waals surface area contributed by atoms with Gasteiger partial charge in [0.1, 0.15) is 5.75 Å². The van der Waals surface area contributed by atoms with Crippen LogP contribution in [0.5, 0.6) is 5.75 Å². The number of nitrogens with zero attached hydrogens (tertiary/aromatic N) is 1. The first kappa shape index (κ1) is 13.6. The van der Waals surface area contributed by atoms with Gasteiger partial charge in [-0.3, -0.25) is 10.4 Å². The summed E-state index contributed by atoms with van der Waals surface area (Å²) in [6, 6.07) is 5.28. The number of hydrogen-bond donors (Lipinski definition) is 3. The molecule has 4 N–H and O–H groups in total. The van der Waals surface area contributed by atoms with E-state index in [0.717, 1.165) is 6.42 Å². The number of nitrogens with one attached hydrogen (secondary N) is 2. The highest BCUT2D eigenvalue weighted by Crippen LogP contribution is 2.27. The number of aliphatic imine (C=N–C) groups is 1. The van der Waals surface area contributed by atoms with Gasteiger partial charge in [0.05, 0.1) is 12.8 Å². The van der Waals surface area contributed by atoms with Crippen molar-refractivity contribution in [3.63, 3.8) is 0 Å². The molecule has 0 heterocycles. The quantitative estimate of drug-likeness (QED) is 0.333. The lowest BCUT2D eigenvalue weighted by Gasteiger charge is -2.12. The molecule has 0 radical (unpaired) electrons. The minimum absolute atomic E-state index is 0.479. The topological polar surface area (TPSA) is 71.7 Å². The number of halogens is 1. The van der Waals surface area contributed by atoms with Crippen LogP contribution >= 0.6 is 11.6 Å². The van der Waals surface area contributed by atoms with Crippen molar-refractivity contribution in [2.24, 2.45) is 10.8 Å². The molecule has 0 aromatic heterocycles. The molecule has 0 fully saturated rings. The molecule has 1 aromatic carbocycles. The summed E-state index contributed by atoms with van der Waals surface area (Å²) in [6.45, 7) is 2.73. The predicted octanol–water partition coefficient (Wildman–Crippen LogP) is 1.99. The summed E-state index contributed by atoms with van der Waals surface area (Å²) in [5.41, 5.74) is 3.21. The Morgan fingerprint density at radius 2 is 2.29 bits per heavy atom. The molecule has 94 valence electrons. The summed E-state index contributed by atoms with van der Waals surface area (Å²) in [5, 5.41) is 3.64. The molecule has 0 aliphatic heterocycles. The van der Waals surface area contributed by atoms with E-state index in [4.69, 9.17) is 22.2 Å². The number of hydrazine groups is 1. The maximum atomic E-state index is 5.92. The number of guanidine groups is 1. The van der Waals surface area contributed by atoms with Crippen molar-refractivity contribution < 1.29 is 4.74 Å². The minimum atomic E-state index is 0.479. The van der Waals surface area contributed by atoms with Crippen molar-refractivity contribution in [2.75, 3.05) is 19.0 Å². The Hall–Kier alpha value is -1.46. The van der Waals surface area contributed by atoms with Gasteiger partial charge in [0.25, 0.3) is 0 Å². The molecule has 5 nitrogen and oxygen atoms in total. The zero-order chi connectivity index (χ0) is 12.7. The second-order valence-electron chi connectivity index (χ2n) is 3.34. The van der Waals surface area contributed by atoms with Crippen molar-refractivity contribution in [1.82, 2.24) is 5.43 Å². The maximum absolute atomic E-state index is 5.92. The molecule has 0 amide bonds. The third-order valence-electron chi connectivity index (χ3n) is 2.04. The monoisotopic (exact) mass is 256 g/mol. The fourth-order valence-electron chi connectivity index (χ4n) is 1.25. The second kappa shape index (κ2) is 6.98. The third kappa shape index (κ3) is 4.13. The summed E-state index contributed by atoms with van der Waals surface area (Å²) in [7, 11) is 1.59. The maximum Gasteiger partial charge on any atom is 0.210 e. The van der Waals surface area contributed by atoms with Gasteiger partial charge in [0.15, 0.2) is 0 Å². The Bertz CT molecular complexity index is 395. The minimum Gasteiger partial charge on any atom is -0.495 e. The van der Waals surface area contributed by atoms with Crippen molar-refractivity contribution in [2.45, 2.75) is 13.3 Å². The van der Waals surface area contributed by atoms with E-state index < -0.39 is 0 Å². The van der Waals surface area contributed by atoms with Crippen LogP contribution in [0, 0.1) is 0 Å². The average Bonchev–Trinajstić information content (AvgIpc) is 2.34. The van der Waals surface area contributed by atoms with Crippen LogP contribution in [0.15, 0.2) is 23.2 Å². The zero-order valence-electron chi connectivity index (χ0n) is 9.96.